The van der Waals surface area contributed by atoms with Crippen LogP contribution < -0.4 is 10.1 Å². The number of aromatic nitrogens is 2. The average molecular weight is 437 g/mol. The summed E-state index contributed by atoms with van der Waals surface area (Å²) in [6.45, 7) is 7.06. The Morgan fingerprint density at radius 2 is 1.94 bits per heavy atom. The molecule has 0 atom stereocenters. The van der Waals surface area contributed by atoms with Gasteiger partial charge in [-0.05, 0) is 67.6 Å². The number of carbonyl (C=O) groups is 1. The Hall–Kier alpha value is -3.19. The van der Waals surface area contributed by atoms with Crippen molar-refractivity contribution in [2.45, 2.75) is 39.3 Å². The van der Waals surface area contributed by atoms with Gasteiger partial charge >= 0.3 is 0 Å². The number of amides is 1. The summed E-state index contributed by atoms with van der Waals surface area (Å²) in [5.41, 5.74) is 4.08. The molecule has 1 N–H and O–H groups in total. The summed E-state index contributed by atoms with van der Waals surface area (Å²) in [5, 5.41) is 7.33. The summed E-state index contributed by atoms with van der Waals surface area (Å²) in [6, 6.07) is 11.9. The van der Waals surface area contributed by atoms with Gasteiger partial charge in [-0.25, -0.2) is 9.07 Å². The minimum absolute atomic E-state index is 0.211. The van der Waals surface area contributed by atoms with Gasteiger partial charge in [-0.3, -0.25) is 9.69 Å². The molecule has 1 fully saturated rings. The predicted molar refractivity (Wildman–Crippen MR) is 123 cm³/mol. The second-order valence-electron chi connectivity index (χ2n) is 8.31. The summed E-state index contributed by atoms with van der Waals surface area (Å²) in [4.78, 5) is 15.0. The fourth-order valence-electron chi connectivity index (χ4n) is 4.33. The number of halogens is 1. The van der Waals surface area contributed by atoms with Crippen LogP contribution in [0.15, 0.2) is 48.7 Å². The maximum atomic E-state index is 13.4. The van der Waals surface area contributed by atoms with Crippen molar-refractivity contribution in [2.24, 2.45) is 0 Å². The van der Waals surface area contributed by atoms with E-state index >= 15 is 0 Å². The molecule has 1 amide bonds. The van der Waals surface area contributed by atoms with E-state index in [1.54, 1.807) is 25.4 Å². The second-order valence-corrected chi connectivity index (χ2v) is 8.31. The minimum atomic E-state index is -0.430. The molecule has 0 radical (unpaired) electrons. The van der Waals surface area contributed by atoms with Crippen LogP contribution in [-0.4, -0.2) is 40.8 Å². The number of ether oxygens (including phenoxy) is 1. The SMILES string of the molecule is COc1ccc(CN2CCC(n3nccc3NC(=O)c3cccc(F)c3)CC2)c(C)c1C. The molecule has 0 unspecified atom stereocenters. The molecule has 168 valence electrons. The first-order valence-corrected chi connectivity index (χ1v) is 10.9. The van der Waals surface area contributed by atoms with Crippen LogP contribution in [0.4, 0.5) is 10.2 Å². The number of benzene rings is 2. The van der Waals surface area contributed by atoms with Crippen molar-refractivity contribution in [1.29, 1.82) is 0 Å². The van der Waals surface area contributed by atoms with Gasteiger partial charge in [0.05, 0.1) is 19.3 Å². The van der Waals surface area contributed by atoms with Crippen LogP contribution in [0.25, 0.3) is 0 Å². The smallest absolute Gasteiger partial charge is 0.256 e. The number of nitrogens with zero attached hydrogens (tertiary/aromatic N) is 3. The van der Waals surface area contributed by atoms with E-state index in [1.165, 1.54) is 34.9 Å². The number of rotatable bonds is 6. The van der Waals surface area contributed by atoms with Crippen molar-refractivity contribution in [3.05, 3.63) is 76.7 Å². The standard InChI is InChI=1S/C25H29FN4O2/c1-17-18(2)23(32-3)8-7-20(17)16-29-13-10-22(11-14-29)30-24(9-12-27-30)28-25(31)19-5-4-6-21(26)15-19/h4-9,12,15,22H,10-11,13-14,16H2,1-3H3,(H,28,31). The molecule has 1 aliphatic rings. The van der Waals surface area contributed by atoms with Gasteiger partial charge in [0.15, 0.2) is 0 Å². The third-order valence-corrected chi connectivity index (χ3v) is 6.37. The molecule has 0 spiro atoms. The molecule has 0 aliphatic carbocycles. The molecule has 2 heterocycles. The van der Waals surface area contributed by atoms with Crippen molar-refractivity contribution in [1.82, 2.24) is 14.7 Å². The molecule has 0 saturated carbocycles. The van der Waals surface area contributed by atoms with Crippen molar-refractivity contribution in [3.8, 4) is 5.75 Å². The molecule has 1 aliphatic heterocycles. The Labute approximate surface area is 188 Å². The molecule has 3 aromatic rings. The highest BCUT2D eigenvalue weighted by atomic mass is 19.1. The number of methoxy groups -OCH3 is 1. The van der Waals surface area contributed by atoms with Crippen molar-refractivity contribution in [2.75, 3.05) is 25.5 Å². The van der Waals surface area contributed by atoms with Gasteiger partial charge in [0, 0.05) is 31.3 Å². The van der Waals surface area contributed by atoms with E-state index in [0.29, 0.717) is 5.82 Å². The number of likely N-dealkylation sites (tertiary alicyclic amines) is 1. The monoisotopic (exact) mass is 436 g/mol. The topological polar surface area (TPSA) is 59.4 Å². The maximum absolute atomic E-state index is 13.4. The Balaban J connectivity index is 1.38. The lowest BCUT2D eigenvalue weighted by molar-refractivity contribution is 0.102. The molecular formula is C25H29FN4O2. The molecule has 6 nitrogen and oxygen atoms in total. The van der Waals surface area contributed by atoms with Gasteiger partial charge in [0.1, 0.15) is 17.4 Å². The third-order valence-electron chi connectivity index (χ3n) is 6.37. The molecule has 1 saturated heterocycles. The Morgan fingerprint density at radius 3 is 2.66 bits per heavy atom. The average Bonchev–Trinajstić information content (AvgIpc) is 3.25. The van der Waals surface area contributed by atoms with Gasteiger partial charge in [0.25, 0.3) is 5.91 Å². The van der Waals surface area contributed by atoms with Crippen LogP contribution in [-0.2, 0) is 6.54 Å². The van der Waals surface area contributed by atoms with Gasteiger partial charge in [-0.15, -0.1) is 0 Å². The number of carbonyl (C=O) groups excluding carboxylic acids is 1. The summed E-state index contributed by atoms with van der Waals surface area (Å²) >= 11 is 0. The van der Waals surface area contributed by atoms with Crippen molar-refractivity contribution in [3.63, 3.8) is 0 Å². The molecule has 2 aromatic carbocycles. The molecule has 1 aromatic heterocycles. The summed E-state index contributed by atoms with van der Waals surface area (Å²) < 4.78 is 20.8. The Kier molecular flexibility index (Phi) is 6.55. The van der Waals surface area contributed by atoms with Crippen LogP contribution >= 0.6 is 0 Å². The maximum Gasteiger partial charge on any atom is 0.256 e. The molecule has 4 rings (SSSR count). The molecular weight excluding hydrogens is 407 g/mol. The van der Waals surface area contributed by atoms with E-state index in [1.807, 2.05) is 10.7 Å². The lowest BCUT2D eigenvalue weighted by Crippen LogP contribution is -2.35. The number of hydrogen-bond acceptors (Lipinski definition) is 4. The van der Waals surface area contributed by atoms with Crippen LogP contribution in [0, 0.1) is 19.7 Å². The first kappa shape index (κ1) is 22.0. The number of piperidine rings is 1. The zero-order valence-corrected chi connectivity index (χ0v) is 18.8. The van der Waals surface area contributed by atoms with Crippen LogP contribution in [0.1, 0.15) is 45.9 Å². The van der Waals surface area contributed by atoms with Crippen LogP contribution in [0.2, 0.25) is 0 Å². The minimum Gasteiger partial charge on any atom is -0.496 e. The highest BCUT2D eigenvalue weighted by Gasteiger charge is 2.24. The van der Waals surface area contributed by atoms with E-state index in [9.17, 15) is 9.18 Å². The number of anilines is 1. The normalized spacial score (nSPS) is 15.0. The van der Waals surface area contributed by atoms with Gasteiger partial charge in [-0.2, -0.15) is 5.10 Å². The highest BCUT2D eigenvalue weighted by Crippen LogP contribution is 2.29. The quantitative estimate of drug-likeness (QED) is 0.607. The predicted octanol–water partition coefficient (Wildman–Crippen LogP) is 4.74. The van der Waals surface area contributed by atoms with Crippen LogP contribution in [0.3, 0.4) is 0 Å². The van der Waals surface area contributed by atoms with Crippen LogP contribution in [0.5, 0.6) is 5.75 Å². The number of nitrogens with one attached hydrogen (secondary N) is 1. The lowest BCUT2D eigenvalue weighted by atomic mass is 10.00. The van der Waals surface area contributed by atoms with Crippen molar-refractivity contribution >= 4 is 11.7 Å². The first-order valence-electron chi connectivity index (χ1n) is 10.9. The summed E-state index contributed by atoms with van der Waals surface area (Å²) in [6.07, 6.45) is 3.58. The molecule has 0 bridgehead atoms. The summed E-state index contributed by atoms with van der Waals surface area (Å²) in [5.74, 6) is 0.797. The fourth-order valence-corrected chi connectivity index (χ4v) is 4.33. The largest absolute Gasteiger partial charge is 0.496 e. The zero-order valence-electron chi connectivity index (χ0n) is 18.8. The van der Waals surface area contributed by atoms with E-state index < -0.39 is 5.82 Å². The van der Waals surface area contributed by atoms with E-state index in [-0.39, 0.29) is 17.5 Å². The fraction of sp³-hybridized carbons (Fsp3) is 0.360. The van der Waals surface area contributed by atoms with Gasteiger partial charge < -0.3 is 10.1 Å². The van der Waals surface area contributed by atoms with Gasteiger partial charge in [-0.1, -0.05) is 12.1 Å². The van der Waals surface area contributed by atoms with Gasteiger partial charge in [0.2, 0.25) is 0 Å². The second kappa shape index (κ2) is 9.53. The zero-order chi connectivity index (χ0) is 22.7. The Bertz CT molecular complexity index is 1100. The summed E-state index contributed by atoms with van der Waals surface area (Å²) in [7, 11) is 1.70. The highest BCUT2D eigenvalue weighted by molar-refractivity contribution is 6.03. The third kappa shape index (κ3) is 4.67. The van der Waals surface area contributed by atoms with Crippen molar-refractivity contribution < 1.29 is 13.9 Å². The van der Waals surface area contributed by atoms with E-state index in [4.69, 9.17) is 4.74 Å². The molecule has 32 heavy (non-hydrogen) atoms. The molecule has 7 heteroatoms. The van der Waals surface area contributed by atoms with E-state index in [0.717, 1.165) is 38.2 Å². The lowest BCUT2D eigenvalue weighted by Gasteiger charge is -2.33. The Morgan fingerprint density at radius 1 is 1.16 bits per heavy atom. The first-order chi connectivity index (χ1) is 15.5. The number of hydrogen-bond donors (Lipinski definition) is 1. The van der Waals surface area contributed by atoms with E-state index in [2.05, 4.69) is 35.2 Å².